The summed E-state index contributed by atoms with van der Waals surface area (Å²) in [5, 5.41) is 4.77. The van der Waals surface area contributed by atoms with Crippen LogP contribution in [0.1, 0.15) is 12.8 Å². The van der Waals surface area contributed by atoms with E-state index in [0.717, 1.165) is 29.9 Å². The van der Waals surface area contributed by atoms with Crippen LogP contribution < -0.4 is 10.2 Å². The molecular formula is C12H15N5. The summed E-state index contributed by atoms with van der Waals surface area (Å²) >= 11 is 0. The van der Waals surface area contributed by atoms with E-state index < -0.39 is 0 Å². The zero-order chi connectivity index (χ0) is 11.2. The lowest BCUT2D eigenvalue weighted by Crippen LogP contribution is -2.51. The molecular weight excluding hydrogens is 214 g/mol. The standard InChI is InChI=1S/C12H15N5/c1-2-9-6-17(5-8(1)16-9)12-10-3-4-13-11(10)14-7-15-12/h3-4,7-9,16H,1-2,5-6H2,(H,13,14,15)/t8-,9+. The minimum absolute atomic E-state index is 0.637. The second-order valence-corrected chi connectivity index (χ2v) is 4.98. The number of hydrogen-bond donors (Lipinski definition) is 2. The number of nitrogens with zero attached hydrogens (tertiary/aromatic N) is 3. The van der Waals surface area contributed by atoms with Crippen molar-refractivity contribution in [2.24, 2.45) is 0 Å². The van der Waals surface area contributed by atoms with Gasteiger partial charge in [0.2, 0.25) is 0 Å². The molecule has 0 spiro atoms. The van der Waals surface area contributed by atoms with E-state index in [4.69, 9.17) is 0 Å². The normalized spacial score (nSPS) is 27.9. The summed E-state index contributed by atoms with van der Waals surface area (Å²) in [4.78, 5) is 14.3. The van der Waals surface area contributed by atoms with Crippen molar-refractivity contribution < 1.29 is 0 Å². The van der Waals surface area contributed by atoms with Crippen molar-refractivity contribution in [2.45, 2.75) is 24.9 Å². The van der Waals surface area contributed by atoms with E-state index in [2.05, 4.69) is 31.2 Å². The van der Waals surface area contributed by atoms with Gasteiger partial charge >= 0.3 is 0 Å². The summed E-state index contributed by atoms with van der Waals surface area (Å²) in [5.41, 5.74) is 0.931. The maximum atomic E-state index is 4.47. The molecule has 5 heteroatoms. The molecule has 2 atom stereocenters. The van der Waals surface area contributed by atoms with Gasteiger partial charge in [-0.3, -0.25) is 0 Å². The van der Waals surface area contributed by atoms with Crippen molar-refractivity contribution in [3.05, 3.63) is 18.6 Å². The first-order chi connectivity index (χ1) is 8.40. The van der Waals surface area contributed by atoms with E-state index in [1.165, 1.54) is 12.8 Å². The zero-order valence-electron chi connectivity index (χ0n) is 9.56. The Labute approximate surface area is 99.2 Å². The van der Waals surface area contributed by atoms with Crippen LogP contribution in [0.25, 0.3) is 11.0 Å². The molecule has 5 nitrogen and oxygen atoms in total. The van der Waals surface area contributed by atoms with Crippen molar-refractivity contribution in [2.75, 3.05) is 18.0 Å². The highest BCUT2D eigenvalue weighted by atomic mass is 15.3. The molecule has 0 saturated carbocycles. The molecule has 0 unspecified atom stereocenters. The van der Waals surface area contributed by atoms with E-state index in [1.807, 2.05) is 6.20 Å². The van der Waals surface area contributed by atoms with E-state index in [-0.39, 0.29) is 0 Å². The predicted molar refractivity (Wildman–Crippen MR) is 66.0 cm³/mol. The number of aromatic amines is 1. The third-order valence-electron chi connectivity index (χ3n) is 3.85. The van der Waals surface area contributed by atoms with Gasteiger partial charge in [0, 0.05) is 31.4 Å². The SMILES string of the molecule is c1nc(N2C[C@H]3CC[C@@H](C2)N3)c2cc[nH]c2n1. The molecule has 0 aliphatic carbocycles. The van der Waals surface area contributed by atoms with Crippen molar-refractivity contribution in [1.82, 2.24) is 20.3 Å². The summed E-state index contributed by atoms with van der Waals surface area (Å²) in [6.45, 7) is 2.13. The predicted octanol–water partition coefficient (Wildman–Crippen LogP) is 0.898. The third kappa shape index (κ3) is 1.42. The van der Waals surface area contributed by atoms with Gasteiger partial charge in [-0.25, -0.2) is 9.97 Å². The minimum atomic E-state index is 0.637. The Morgan fingerprint density at radius 2 is 2.00 bits per heavy atom. The molecule has 2 aromatic rings. The molecule has 4 heterocycles. The van der Waals surface area contributed by atoms with Crippen molar-refractivity contribution >= 4 is 16.9 Å². The Bertz CT molecular complexity index is 537. The van der Waals surface area contributed by atoms with Crippen LogP contribution in [0, 0.1) is 0 Å². The van der Waals surface area contributed by atoms with Crippen LogP contribution in [0.2, 0.25) is 0 Å². The van der Waals surface area contributed by atoms with E-state index in [1.54, 1.807) is 6.33 Å². The Kier molecular flexibility index (Phi) is 1.90. The largest absolute Gasteiger partial charge is 0.353 e. The van der Waals surface area contributed by atoms with Crippen molar-refractivity contribution in [3.8, 4) is 0 Å². The van der Waals surface area contributed by atoms with Gasteiger partial charge in [0.25, 0.3) is 0 Å². The lowest BCUT2D eigenvalue weighted by Gasteiger charge is -2.33. The van der Waals surface area contributed by atoms with Crippen LogP contribution in [0.3, 0.4) is 0 Å². The monoisotopic (exact) mass is 229 g/mol. The average molecular weight is 229 g/mol. The highest BCUT2D eigenvalue weighted by Crippen LogP contribution is 2.27. The Balaban J connectivity index is 1.76. The smallest absolute Gasteiger partial charge is 0.142 e. The maximum absolute atomic E-state index is 4.47. The molecule has 0 aromatic carbocycles. The van der Waals surface area contributed by atoms with Crippen LogP contribution in [0.5, 0.6) is 0 Å². The van der Waals surface area contributed by atoms with Crippen LogP contribution in [0.4, 0.5) is 5.82 Å². The number of anilines is 1. The van der Waals surface area contributed by atoms with E-state index in [0.29, 0.717) is 12.1 Å². The molecule has 2 saturated heterocycles. The van der Waals surface area contributed by atoms with Gasteiger partial charge in [0.15, 0.2) is 0 Å². The number of nitrogens with one attached hydrogen (secondary N) is 2. The van der Waals surface area contributed by atoms with Crippen LogP contribution >= 0.6 is 0 Å². The molecule has 2 bridgehead atoms. The quantitative estimate of drug-likeness (QED) is 0.763. The fraction of sp³-hybridized carbons (Fsp3) is 0.500. The van der Waals surface area contributed by atoms with Crippen molar-refractivity contribution in [1.29, 1.82) is 0 Å². The first-order valence-corrected chi connectivity index (χ1v) is 6.19. The highest BCUT2D eigenvalue weighted by Gasteiger charge is 2.33. The van der Waals surface area contributed by atoms with Gasteiger partial charge in [0.1, 0.15) is 17.8 Å². The van der Waals surface area contributed by atoms with Gasteiger partial charge in [-0.15, -0.1) is 0 Å². The van der Waals surface area contributed by atoms with Crippen LogP contribution in [-0.2, 0) is 0 Å². The Morgan fingerprint density at radius 1 is 1.18 bits per heavy atom. The lowest BCUT2D eigenvalue weighted by atomic mass is 10.2. The molecule has 2 aliphatic heterocycles. The summed E-state index contributed by atoms with van der Waals surface area (Å²) in [6, 6.07) is 3.34. The molecule has 2 aromatic heterocycles. The minimum Gasteiger partial charge on any atom is -0.353 e. The lowest BCUT2D eigenvalue weighted by molar-refractivity contribution is 0.464. The van der Waals surface area contributed by atoms with Gasteiger partial charge in [-0.2, -0.15) is 0 Å². The fourth-order valence-electron chi connectivity index (χ4n) is 3.08. The summed E-state index contributed by atoms with van der Waals surface area (Å²) in [7, 11) is 0. The number of rotatable bonds is 1. The summed E-state index contributed by atoms with van der Waals surface area (Å²) in [5.74, 6) is 1.08. The van der Waals surface area contributed by atoms with Gasteiger partial charge in [-0.05, 0) is 18.9 Å². The van der Waals surface area contributed by atoms with Gasteiger partial charge < -0.3 is 15.2 Å². The first kappa shape index (κ1) is 9.41. The Hall–Kier alpha value is -1.62. The Morgan fingerprint density at radius 3 is 2.82 bits per heavy atom. The first-order valence-electron chi connectivity index (χ1n) is 6.19. The van der Waals surface area contributed by atoms with Crippen LogP contribution in [-0.4, -0.2) is 40.1 Å². The van der Waals surface area contributed by atoms with Gasteiger partial charge in [0.05, 0.1) is 5.39 Å². The van der Waals surface area contributed by atoms with E-state index >= 15 is 0 Å². The average Bonchev–Trinajstić information content (AvgIpc) is 2.95. The number of piperazine rings is 1. The molecule has 17 heavy (non-hydrogen) atoms. The molecule has 2 aliphatic rings. The highest BCUT2D eigenvalue weighted by molar-refractivity contribution is 5.87. The fourth-order valence-corrected chi connectivity index (χ4v) is 3.08. The topological polar surface area (TPSA) is 56.8 Å². The summed E-state index contributed by atoms with van der Waals surface area (Å²) in [6.07, 6.45) is 6.17. The number of fused-ring (bicyclic) bond motifs is 3. The zero-order valence-corrected chi connectivity index (χ0v) is 9.56. The van der Waals surface area contributed by atoms with Crippen LogP contribution in [0.15, 0.2) is 18.6 Å². The molecule has 0 radical (unpaired) electrons. The van der Waals surface area contributed by atoms with Gasteiger partial charge in [-0.1, -0.05) is 0 Å². The molecule has 2 N–H and O–H groups in total. The molecule has 4 rings (SSSR count). The molecule has 0 amide bonds. The second kappa shape index (κ2) is 3.43. The third-order valence-corrected chi connectivity index (χ3v) is 3.85. The summed E-state index contributed by atoms with van der Waals surface area (Å²) < 4.78 is 0. The second-order valence-electron chi connectivity index (χ2n) is 4.98. The number of hydrogen-bond acceptors (Lipinski definition) is 4. The van der Waals surface area contributed by atoms with E-state index in [9.17, 15) is 0 Å². The number of H-pyrrole nitrogens is 1. The molecule has 88 valence electrons. The molecule has 2 fully saturated rings. The number of aromatic nitrogens is 3. The van der Waals surface area contributed by atoms with Crippen molar-refractivity contribution in [3.63, 3.8) is 0 Å². The maximum Gasteiger partial charge on any atom is 0.142 e.